The lowest BCUT2D eigenvalue weighted by atomic mass is 9.70. The summed E-state index contributed by atoms with van der Waals surface area (Å²) >= 11 is 0. The summed E-state index contributed by atoms with van der Waals surface area (Å²) in [4.78, 5) is 2.51. The smallest absolute Gasteiger partial charge is 0.0594 e. The van der Waals surface area contributed by atoms with Crippen molar-refractivity contribution in [1.82, 2.24) is 4.90 Å². The van der Waals surface area contributed by atoms with Gasteiger partial charge in [-0.1, -0.05) is 38.2 Å². The molecule has 1 aliphatic heterocycles. The number of morpholine rings is 1. The molecule has 2 aliphatic rings. The molecule has 2 rings (SSSR count). The van der Waals surface area contributed by atoms with Crippen molar-refractivity contribution in [1.29, 1.82) is 0 Å². The number of allylic oxidation sites excluding steroid dienone is 2. The Balaban J connectivity index is 2.01. The minimum atomic E-state index is 0.258. The van der Waals surface area contributed by atoms with Gasteiger partial charge >= 0.3 is 0 Å². The first kappa shape index (κ1) is 11.9. The van der Waals surface area contributed by atoms with Crippen molar-refractivity contribution < 1.29 is 4.74 Å². The SMILES string of the molecule is C=C1CC=CC(C)(C)C1CN1CCOCC1. The van der Waals surface area contributed by atoms with Crippen molar-refractivity contribution in [2.75, 3.05) is 32.8 Å². The van der Waals surface area contributed by atoms with E-state index in [-0.39, 0.29) is 5.41 Å². The second-order valence-corrected chi connectivity index (χ2v) is 5.55. The molecule has 1 unspecified atom stereocenters. The molecule has 1 aliphatic carbocycles. The van der Waals surface area contributed by atoms with Crippen molar-refractivity contribution in [2.45, 2.75) is 20.3 Å². The third-order valence-corrected chi connectivity index (χ3v) is 3.86. The summed E-state index contributed by atoms with van der Waals surface area (Å²) in [6.45, 7) is 13.9. The first-order valence-corrected chi connectivity index (χ1v) is 6.25. The Hall–Kier alpha value is -0.600. The predicted molar refractivity (Wildman–Crippen MR) is 67.4 cm³/mol. The van der Waals surface area contributed by atoms with E-state index in [1.807, 2.05) is 0 Å². The van der Waals surface area contributed by atoms with E-state index in [9.17, 15) is 0 Å². The monoisotopic (exact) mass is 221 g/mol. The largest absolute Gasteiger partial charge is 0.379 e. The van der Waals surface area contributed by atoms with Gasteiger partial charge in [-0.2, -0.15) is 0 Å². The molecule has 0 aromatic rings. The predicted octanol–water partition coefficient (Wildman–Crippen LogP) is 2.48. The van der Waals surface area contributed by atoms with Gasteiger partial charge < -0.3 is 4.74 Å². The zero-order valence-corrected chi connectivity index (χ0v) is 10.5. The van der Waals surface area contributed by atoms with Crippen LogP contribution in [0.2, 0.25) is 0 Å². The highest BCUT2D eigenvalue weighted by atomic mass is 16.5. The van der Waals surface area contributed by atoms with E-state index in [2.05, 4.69) is 37.5 Å². The van der Waals surface area contributed by atoms with E-state index in [1.165, 1.54) is 5.57 Å². The van der Waals surface area contributed by atoms with Gasteiger partial charge in [0, 0.05) is 25.6 Å². The topological polar surface area (TPSA) is 12.5 Å². The Morgan fingerprint density at radius 2 is 2.12 bits per heavy atom. The van der Waals surface area contributed by atoms with Crippen molar-refractivity contribution in [3.63, 3.8) is 0 Å². The van der Waals surface area contributed by atoms with E-state index >= 15 is 0 Å². The fraction of sp³-hybridized carbons (Fsp3) is 0.714. The molecule has 0 spiro atoms. The normalized spacial score (nSPS) is 30.6. The summed E-state index contributed by atoms with van der Waals surface area (Å²) in [5.41, 5.74) is 1.65. The minimum Gasteiger partial charge on any atom is -0.379 e. The fourth-order valence-corrected chi connectivity index (χ4v) is 2.70. The van der Waals surface area contributed by atoms with Crippen molar-refractivity contribution in [3.05, 3.63) is 24.3 Å². The van der Waals surface area contributed by atoms with E-state index in [0.29, 0.717) is 5.92 Å². The summed E-state index contributed by atoms with van der Waals surface area (Å²) in [5, 5.41) is 0. The van der Waals surface area contributed by atoms with E-state index < -0.39 is 0 Å². The van der Waals surface area contributed by atoms with Gasteiger partial charge in [0.2, 0.25) is 0 Å². The Morgan fingerprint density at radius 1 is 1.44 bits per heavy atom. The molecule has 0 bridgehead atoms. The number of hydrogen-bond donors (Lipinski definition) is 0. The van der Waals surface area contributed by atoms with Crippen molar-refractivity contribution in [3.8, 4) is 0 Å². The average Bonchev–Trinajstić information content (AvgIpc) is 2.25. The zero-order valence-electron chi connectivity index (χ0n) is 10.5. The molecule has 0 amide bonds. The number of rotatable bonds is 2. The molecule has 0 aromatic carbocycles. The Labute approximate surface area is 99.0 Å². The molecule has 90 valence electrons. The molecule has 2 nitrogen and oxygen atoms in total. The highest BCUT2D eigenvalue weighted by Crippen LogP contribution is 2.39. The van der Waals surface area contributed by atoms with E-state index in [4.69, 9.17) is 4.74 Å². The second kappa shape index (κ2) is 4.72. The summed E-state index contributed by atoms with van der Waals surface area (Å²) in [5.74, 6) is 0.593. The van der Waals surface area contributed by atoms with Gasteiger partial charge in [0.05, 0.1) is 13.2 Å². The van der Waals surface area contributed by atoms with Gasteiger partial charge in [0.25, 0.3) is 0 Å². The maximum Gasteiger partial charge on any atom is 0.0594 e. The highest BCUT2D eigenvalue weighted by Gasteiger charge is 2.32. The summed E-state index contributed by atoms with van der Waals surface area (Å²) < 4.78 is 5.39. The van der Waals surface area contributed by atoms with Crippen LogP contribution in [0.3, 0.4) is 0 Å². The summed E-state index contributed by atoms with van der Waals surface area (Å²) in [6, 6.07) is 0. The molecule has 0 aromatic heterocycles. The third kappa shape index (κ3) is 2.55. The Morgan fingerprint density at radius 3 is 2.75 bits per heavy atom. The molecule has 2 heteroatoms. The van der Waals surface area contributed by atoms with Crippen molar-refractivity contribution >= 4 is 0 Å². The lowest BCUT2D eigenvalue weighted by Crippen LogP contribution is -2.43. The second-order valence-electron chi connectivity index (χ2n) is 5.55. The molecule has 0 saturated carbocycles. The third-order valence-electron chi connectivity index (χ3n) is 3.86. The van der Waals surface area contributed by atoms with Crippen LogP contribution in [0.4, 0.5) is 0 Å². The first-order valence-electron chi connectivity index (χ1n) is 6.25. The zero-order chi connectivity index (χ0) is 11.6. The van der Waals surface area contributed by atoms with E-state index in [1.54, 1.807) is 0 Å². The van der Waals surface area contributed by atoms with Crippen LogP contribution < -0.4 is 0 Å². The van der Waals surface area contributed by atoms with Crippen LogP contribution in [-0.4, -0.2) is 37.7 Å². The summed E-state index contributed by atoms with van der Waals surface area (Å²) in [7, 11) is 0. The average molecular weight is 221 g/mol. The lowest BCUT2D eigenvalue weighted by Gasteiger charge is -2.40. The number of ether oxygens (including phenoxy) is 1. The van der Waals surface area contributed by atoms with Gasteiger partial charge in [-0.25, -0.2) is 0 Å². The van der Waals surface area contributed by atoms with Crippen molar-refractivity contribution in [2.24, 2.45) is 11.3 Å². The fourth-order valence-electron chi connectivity index (χ4n) is 2.70. The van der Waals surface area contributed by atoms with E-state index in [0.717, 1.165) is 39.3 Å². The first-order chi connectivity index (χ1) is 7.59. The van der Waals surface area contributed by atoms with Crippen LogP contribution in [0.15, 0.2) is 24.3 Å². The maximum absolute atomic E-state index is 5.39. The maximum atomic E-state index is 5.39. The number of nitrogens with zero attached hydrogens (tertiary/aromatic N) is 1. The van der Waals surface area contributed by atoms with Crippen LogP contribution in [0, 0.1) is 11.3 Å². The quantitative estimate of drug-likeness (QED) is 0.664. The molecule has 1 saturated heterocycles. The van der Waals surface area contributed by atoms with Crippen LogP contribution in [0.1, 0.15) is 20.3 Å². The molecular weight excluding hydrogens is 198 g/mol. The highest BCUT2D eigenvalue weighted by molar-refractivity contribution is 5.20. The standard InChI is InChI=1S/C14H23NO/c1-12-5-4-6-14(2,3)13(12)11-15-7-9-16-10-8-15/h4,6,13H,1,5,7-11H2,2-3H3. The minimum absolute atomic E-state index is 0.258. The van der Waals surface area contributed by atoms with Gasteiger partial charge in [-0.05, 0) is 11.8 Å². The van der Waals surface area contributed by atoms with Gasteiger partial charge in [-0.3, -0.25) is 4.90 Å². The molecule has 1 atom stereocenters. The molecule has 1 heterocycles. The van der Waals surface area contributed by atoms with Crippen LogP contribution in [0.25, 0.3) is 0 Å². The van der Waals surface area contributed by atoms with Crippen LogP contribution in [0.5, 0.6) is 0 Å². The Bertz CT molecular complexity index is 287. The number of hydrogen-bond acceptors (Lipinski definition) is 2. The summed E-state index contributed by atoms with van der Waals surface area (Å²) in [6.07, 6.45) is 5.67. The molecule has 0 radical (unpaired) electrons. The Kier molecular flexibility index (Phi) is 3.50. The molecule has 16 heavy (non-hydrogen) atoms. The lowest BCUT2D eigenvalue weighted by molar-refractivity contribution is 0.0261. The van der Waals surface area contributed by atoms with Crippen LogP contribution in [-0.2, 0) is 4.74 Å². The molecular formula is C14H23NO. The van der Waals surface area contributed by atoms with Gasteiger partial charge in [0.15, 0.2) is 0 Å². The van der Waals surface area contributed by atoms with Gasteiger partial charge in [0.1, 0.15) is 0 Å². The van der Waals surface area contributed by atoms with Gasteiger partial charge in [-0.15, -0.1) is 0 Å². The van der Waals surface area contributed by atoms with Crippen LogP contribution >= 0.6 is 0 Å². The molecule has 1 fully saturated rings. The molecule has 0 N–H and O–H groups in total.